The van der Waals surface area contributed by atoms with Crippen LogP contribution in [0.3, 0.4) is 0 Å². The first-order chi connectivity index (χ1) is 11.0. The largest absolute Gasteiger partial charge is 0.424 e. The number of nitrogens with two attached hydrogens (primary N) is 1. The summed E-state index contributed by atoms with van der Waals surface area (Å²) in [6.45, 7) is 6.56. The summed E-state index contributed by atoms with van der Waals surface area (Å²) in [4.78, 5) is 13.4. The predicted octanol–water partition coefficient (Wildman–Crippen LogP) is 1.39. The maximum atomic E-state index is 11.2. The Morgan fingerprint density at radius 2 is 2.35 bits per heavy atom. The molecule has 1 fully saturated rings. The number of rotatable bonds is 5. The first-order valence-electron chi connectivity index (χ1n) is 7.92. The SMILES string of the molecule is CC(C)c1nnc(CN2CCCC(c3cc(C(N)=O)n[nH]3)C2)o1. The lowest BCUT2D eigenvalue weighted by molar-refractivity contribution is 0.0995. The molecule has 8 nitrogen and oxygen atoms in total. The number of amides is 1. The van der Waals surface area contributed by atoms with E-state index in [1.807, 2.05) is 13.8 Å². The van der Waals surface area contributed by atoms with Gasteiger partial charge in [0.1, 0.15) is 5.69 Å². The van der Waals surface area contributed by atoms with Crippen molar-refractivity contribution in [3.8, 4) is 0 Å². The summed E-state index contributed by atoms with van der Waals surface area (Å²) in [5.74, 6) is 1.36. The van der Waals surface area contributed by atoms with E-state index in [0.717, 1.165) is 31.6 Å². The average molecular weight is 318 g/mol. The second kappa shape index (κ2) is 6.49. The van der Waals surface area contributed by atoms with E-state index in [1.54, 1.807) is 6.07 Å². The Kier molecular flexibility index (Phi) is 4.42. The monoisotopic (exact) mass is 318 g/mol. The summed E-state index contributed by atoms with van der Waals surface area (Å²) in [7, 11) is 0. The third-order valence-electron chi connectivity index (χ3n) is 4.13. The molecule has 1 aliphatic rings. The molecule has 3 heterocycles. The highest BCUT2D eigenvalue weighted by atomic mass is 16.4. The molecule has 8 heteroatoms. The van der Waals surface area contributed by atoms with Crippen molar-refractivity contribution in [3.63, 3.8) is 0 Å². The van der Waals surface area contributed by atoms with E-state index in [2.05, 4.69) is 25.3 Å². The topological polar surface area (TPSA) is 114 Å². The minimum atomic E-state index is -0.507. The van der Waals surface area contributed by atoms with Gasteiger partial charge in [-0.2, -0.15) is 5.10 Å². The number of nitrogens with one attached hydrogen (secondary N) is 1. The van der Waals surface area contributed by atoms with Gasteiger partial charge in [-0.1, -0.05) is 13.8 Å². The molecule has 0 radical (unpaired) electrons. The van der Waals surface area contributed by atoms with E-state index in [1.165, 1.54) is 0 Å². The summed E-state index contributed by atoms with van der Waals surface area (Å²) >= 11 is 0. The number of carbonyl (C=O) groups excluding carboxylic acids is 1. The molecular weight excluding hydrogens is 296 g/mol. The smallest absolute Gasteiger partial charge is 0.269 e. The van der Waals surface area contributed by atoms with Crippen LogP contribution in [-0.4, -0.2) is 44.3 Å². The van der Waals surface area contributed by atoms with Crippen molar-refractivity contribution in [1.29, 1.82) is 0 Å². The molecule has 124 valence electrons. The van der Waals surface area contributed by atoms with Gasteiger partial charge >= 0.3 is 0 Å². The standard InChI is InChI=1S/C15H22N6O2/c1-9(2)15-20-19-13(23-15)8-21-5-3-4-10(7-21)11-6-12(14(16)22)18-17-11/h6,9-10H,3-5,7-8H2,1-2H3,(H2,16,22)(H,17,18). The molecule has 0 aromatic carbocycles. The maximum absolute atomic E-state index is 11.2. The Balaban J connectivity index is 1.64. The van der Waals surface area contributed by atoms with Crippen LogP contribution in [0.5, 0.6) is 0 Å². The molecule has 0 bridgehead atoms. The van der Waals surface area contributed by atoms with E-state index in [-0.39, 0.29) is 11.6 Å². The molecule has 1 unspecified atom stereocenters. The minimum absolute atomic E-state index is 0.238. The van der Waals surface area contributed by atoms with E-state index < -0.39 is 5.91 Å². The number of hydrogen-bond acceptors (Lipinski definition) is 6. The molecule has 0 saturated carbocycles. The van der Waals surface area contributed by atoms with Crippen molar-refractivity contribution >= 4 is 5.91 Å². The van der Waals surface area contributed by atoms with Gasteiger partial charge in [-0.15, -0.1) is 10.2 Å². The Morgan fingerprint density at radius 1 is 1.52 bits per heavy atom. The van der Waals surface area contributed by atoms with Gasteiger partial charge in [0.25, 0.3) is 5.91 Å². The second-order valence-corrected chi connectivity index (χ2v) is 6.34. The fourth-order valence-corrected chi connectivity index (χ4v) is 2.88. The summed E-state index contributed by atoms with van der Waals surface area (Å²) in [6, 6.07) is 1.75. The van der Waals surface area contributed by atoms with E-state index in [4.69, 9.17) is 10.2 Å². The molecule has 3 rings (SSSR count). The predicted molar refractivity (Wildman–Crippen MR) is 82.7 cm³/mol. The lowest BCUT2D eigenvalue weighted by Gasteiger charge is -2.31. The number of nitrogens with zero attached hydrogens (tertiary/aromatic N) is 4. The molecule has 1 aliphatic heterocycles. The number of hydrogen-bond donors (Lipinski definition) is 2. The minimum Gasteiger partial charge on any atom is -0.424 e. The van der Waals surface area contributed by atoms with E-state index in [0.29, 0.717) is 24.2 Å². The van der Waals surface area contributed by atoms with Crippen molar-refractivity contribution in [3.05, 3.63) is 29.2 Å². The molecule has 1 saturated heterocycles. The fourth-order valence-electron chi connectivity index (χ4n) is 2.88. The van der Waals surface area contributed by atoms with Crippen molar-refractivity contribution in [2.45, 2.75) is 45.1 Å². The van der Waals surface area contributed by atoms with Crippen LogP contribution in [0.1, 0.15) is 66.5 Å². The van der Waals surface area contributed by atoms with Crippen LogP contribution in [0, 0.1) is 0 Å². The molecule has 2 aromatic heterocycles. The van der Waals surface area contributed by atoms with Gasteiger partial charge in [0, 0.05) is 24.1 Å². The number of piperidine rings is 1. The Bertz CT molecular complexity index is 677. The van der Waals surface area contributed by atoms with Crippen LogP contribution in [0.4, 0.5) is 0 Å². The number of primary amides is 1. The van der Waals surface area contributed by atoms with Crippen LogP contribution in [-0.2, 0) is 6.54 Å². The number of carbonyl (C=O) groups is 1. The summed E-state index contributed by atoms with van der Waals surface area (Å²) in [5, 5.41) is 15.1. The van der Waals surface area contributed by atoms with Crippen LogP contribution in [0.2, 0.25) is 0 Å². The van der Waals surface area contributed by atoms with Gasteiger partial charge in [-0.05, 0) is 25.5 Å². The van der Waals surface area contributed by atoms with Gasteiger partial charge in [0.05, 0.1) is 6.54 Å². The lowest BCUT2D eigenvalue weighted by atomic mass is 9.94. The van der Waals surface area contributed by atoms with Crippen molar-refractivity contribution in [2.75, 3.05) is 13.1 Å². The molecule has 0 aliphatic carbocycles. The molecular formula is C15H22N6O2. The van der Waals surface area contributed by atoms with Crippen molar-refractivity contribution in [1.82, 2.24) is 25.3 Å². The zero-order valence-corrected chi connectivity index (χ0v) is 13.5. The average Bonchev–Trinajstić information content (AvgIpc) is 3.16. The maximum Gasteiger partial charge on any atom is 0.269 e. The van der Waals surface area contributed by atoms with Crippen LogP contribution in [0.25, 0.3) is 0 Å². The number of H-pyrrole nitrogens is 1. The van der Waals surface area contributed by atoms with Crippen LogP contribution in [0.15, 0.2) is 10.5 Å². The van der Waals surface area contributed by atoms with Crippen LogP contribution >= 0.6 is 0 Å². The van der Waals surface area contributed by atoms with Gasteiger partial charge < -0.3 is 10.2 Å². The van der Waals surface area contributed by atoms with Gasteiger partial charge in [-0.25, -0.2) is 0 Å². The van der Waals surface area contributed by atoms with Crippen molar-refractivity contribution < 1.29 is 9.21 Å². The first kappa shape index (κ1) is 15.7. The molecule has 23 heavy (non-hydrogen) atoms. The molecule has 2 aromatic rings. The molecule has 0 spiro atoms. The first-order valence-corrected chi connectivity index (χ1v) is 7.92. The van der Waals surface area contributed by atoms with E-state index >= 15 is 0 Å². The summed E-state index contributed by atoms with van der Waals surface area (Å²) in [6.07, 6.45) is 2.12. The Morgan fingerprint density at radius 3 is 3.00 bits per heavy atom. The summed E-state index contributed by atoms with van der Waals surface area (Å²) in [5.41, 5.74) is 6.50. The van der Waals surface area contributed by atoms with Gasteiger partial charge in [0.2, 0.25) is 11.8 Å². The van der Waals surface area contributed by atoms with E-state index in [9.17, 15) is 4.79 Å². The highest BCUT2D eigenvalue weighted by Crippen LogP contribution is 2.27. The van der Waals surface area contributed by atoms with Crippen molar-refractivity contribution in [2.24, 2.45) is 5.73 Å². The molecule has 3 N–H and O–H groups in total. The Hall–Kier alpha value is -2.22. The zero-order valence-electron chi connectivity index (χ0n) is 13.5. The normalized spacial score (nSPS) is 19.3. The highest BCUT2D eigenvalue weighted by molar-refractivity contribution is 5.90. The zero-order chi connectivity index (χ0) is 16.4. The lowest BCUT2D eigenvalue weighted by Crippen LogP contribution is -2.34. The van der Waals surface area contributed by atoms with Gasteiger partial charge in [-0.3, -0.25) is 14.8 Å². The summed E-state index contributed by atoms with van der Waals surface area (Å²) < 4.78 is 5.68. The number of likely N-dealkylation sites (tertiary alicyclic amines) is 1. The van der Waals surface area contributed by atoms with Gasteiger partial charge in [0.15, 0.2) is 0 Å². The van der Waals surface area contributed by atoms with Crippen LogP contribution < -0.4 is 5.73 Å². The quantitative estimate of drug-likeness (QED) is 0.861. The molecule has 1 amide bonds. The third kappa shape index (κ3) is 3.58. The molecule has 1 atom stereocenters. The number of aromatic amines is 1. The third-order valence-corrected chi connectivity index (χ3v) is 4.13. The highest BCUT2D eigenvalue weighted by Gasteiger charge is 2.25. The fraction of sp³-hybridized carbons (Fsp3) is 0.600. The second-order valence-electron chi connectivity index (χ2n) is 6.34. The Labute approximate surface area is 134 Å². The number of aromatic nitrogens is 4.